The molecule has 20 heteroatoms. The highest BCUT2D eigenvalue weighted by molar-refractivity contribution is 8.00. The van der Waals surface area contributed by atoms with Gasteiger partial charge in [-0.25, -0.2) is 9.59 Å². The van der Waals surface area contributed by atoms with Crippen LogP contribution in [0.2, 0.25) is 0 Å². The van der Waals surface area contributed by atoms with Crippen LogP contribution in [0, 0.1) is 5.92 Å². The summed E-state index contributed by atoms with van der Waals surface area (Å²) < 4.78 is 10.1. The zero-order valence-electron chi connectivity index (χ0n) is 36.5. The van der Waals surface area contributed by atoms with Crippen molar-refractivity contribution in [3.63, 3.8) is 0 Å². The van der Waals surface area contributed by atoms with E-state index < -0.39 is 59.9 Å². The Hall–Kier alpha value is -5.11. The number of amides is 8. The zero-order chi connectivity index (χ0) is 45.9. The number of unbranched alkanes of at least 4 members (excludes halogenated alkanes) is 4. The third-order valence-electron chi connectivity index (χ3n) is 11.0. The summed E-state index contributed by atoms with van der Waals surface area (Å²) in [5.41, 5.74) is 6.23. The van der Waals surface area contributed by atoms with E-state index in [-0.39, 0.29) is 74.0 Å². The Labute approximate surface area is 373 Å². The fraction of sp³-hybridized carbons (Fsp3) is 0.674. The number of benzene rings is 1. The number of carbonyl (C=O) groups is 8. The minimum Gasteiger partial charge on any atom is -0.508 e. The van der Waals surface area contributed by atoms with Gasteiger partial charge in [-0.2, -0.15) is 11.8 Å². The smallest absolute Gasteiger partial charge is 0.338 e. The average molecular weight is 903 g/mol. The van der Waals surface area contributed by atoms with Crippen LogP contribution in [0.25, 0.3) is 0 Å². The number of ether oxygens (including phenoxy) is 2. The van der Waals surface area contributed by atoms with E-state index in [4.69, 9.17) is 15.2 Å². The summed E-state index contributed by atoms with van der Waals surface area (Å²) in [6, 6.07) is 3.57. The lowest BCUT2D eigenvalue weighted by Crippen LogP contribution is -2.55. The molecule has 0 radical (unpaired) electrons. The number of phenols is 1. The van der Waals surface area contributed by atoms with E-state index in [1.807, 2.05) is 25.6 Å². The van der Waals surface area contributed by atoms with Crippen molar-refractivity contribution in [2.75, 3.05) is 25.4 Å². The Morgan fingerprint density at radius 2 is 1.52 bits per heavy atom. The number of nitrogens with two attached hydrogens (primary N) is 1. The van der Waals surface area contributed by atoms with E-state index >= 15 is 0 Å². The molecule has 0 aliphatic carbocycles. The minimum atomic E-state index is -1.07. The van der Waals surface area contributed by atoms with Crippen LogP contribution in [0.4, 0.5) is 4.79 Å². The molecular formula is C43H66N8O11S. The highest BCUT2D eigenvalue weighted by Gasteiger charge is 2.52. The molecule has 3 aliphatic rings. The summed E-state index contributed by atoms with van der Waals surface area (Å²) in [6.07, 6.45) is 4.53. The van der Waals surface area contributed by atoms with Gasteiger partial charge in [0, 0.05) is 43.4 Å². The Morgan fingerprint density at radius 3 is 2.24 bits per heavy atom. The predicted octanol–water partition coefficient (Wildman–Crippen LogP) is 0.940. The van der Waals surface area contributed by atoms with Crippen LogP contribution in [0.1, 0.15) is 103 Å². The monoisotopic (exact) mass is 902 g/mol. The molecule has 5 unspecified atom stereocenters. The first-order valence-electron chi connectivity index (χ1n) is 22.2. The summed E-state index contributed by atoms with van der Waals surface area (Å²) >= 11 is 1.86. The molecule has 0 aromatic heterocycles. The summed E-state index contributed by atoms with van der Waals surface area (Å²) in [4.78, 5) is 101. The van der Waals surface area contributed by atoms with Crippen LogP contribution >= 0.6 is 11.8 Å². The maximum atomic E-state index is 13.6. The molecule has 3 saturated heterocycles. The molecule has 10 N–H and O–H groups in total. The maximum absolute atomic E-state index is 13.6. The van der Waals surface area contributed by atoms with Crippen LogP contribution in [-0.4, -0.2) is 126 Å². The molecule has 1 aromatic rings. The average Bonchev–Trinajstić information content (AvgIpc) is 3.84. The standard InChI is InChI=1S/C43H66N8O11S/c1-4-61-42(59)37-36(62-37)41(58)49-29(22-25(2)3)40(57)48-30(23-26-16-18-27(52)19-17-26)39(56)46-21-10-5-6-15-34(54)47-28(38(44)55)12-9-11-20-45-33(53)14-8-7-13-32-35-31(24-63-32)50-43(60)51-35/h16-19,25,28-32,35-37,52H,4-15,20-24H2,1-3H3,(H2,44,55)(H,45,53)(H,46,56)(H,47,54)(H,48,57)(H,49,58)(H2,50,51,60)/t28-,29-,30-,31?,32?,35?,36?,37?/m0/s1. The van der Waals surface area contributed by atoms with Gasteiger partial charge in [-0.15, -0.1) is 0 Å². The van der Waals surface area contributed by atoms with Gasteiger partial charge in [0.1, 0.15) is 23.9 Å². The Balaban J connectivity index is 1.12. The lowest BCUT2D eigenvalue weighted by atomic mass is 10.0. The third-order valence-corrected chi connectivity index (χ3v) is 12.5. The van der Waals surface area contributed by atoms with Gasteiger partial charge in [0.2, 0.25) is 29.5 Å². The second kappa shape index (κ2) is 25.9. The molecule has 0 saturated carbocycles. The number of epoxide rings is 1. The highest BCUT2D eigenvalue weighted by atomic mass is 32.2. The molecule has 8 atom stereocenters. The van der Waals surface area contributed by atoms with Crippen molar-refractivity contribution in [3.8, 4) is 5.75 Å². The SMILES string of the molecule is CCOC(=O)C1OC1C(=O)N[C@@H](CC(C)C)C(=O)N[C@@H](Cc1ccc(O)cc1)C(=O)NCCCCCC(=O)N[C@@H](CCCCNC(=O)CCCCC1SCC2NC(=O)NC21)C(N)=O. The summed E-state index contributed by atoms with van der Waals surface area (Å²) in [5.74, 6) is -2.41. The van der Waals surface area contributed by atoms with Crippen molar-refractivity contribution in [2.24, 2.45) is 11.7 Å². The minimum absolute atomic E-state index is 0.0131. The van der Waals surface area contributed by atoms with Gasteiger partial charge in [0.15, 0.2) is 12.2 Å². The van der Waals surface area contributed by atoms with Crippen LogP contribution in [0.5, 0.6) is 5.75 Å². The van der Waals surface area contributed by atoms with E-state index in [9.17, 15) is 43.5 Å². The first kappa shape index (κ1) is 50.5. The fourth-order valence-electron chi connectivity index (χ4n) is 7.56. The number of carbonyl (C=O) groups excluding carboxylic acids is 8. The van der Waals surface area contributed by atoms with E-state index in [1.54, 1.807) is 19.1 Å². The normalized spacial score (nSPS) is 21.1. The summed E-state index contributed by atoms with van der Waals surface area (Å²) in [7, 11) is 0. The van der Waals surface area contributed by atoms with Crippen LogP contribution in [0.3, 0.4) is 0 Å². The molecule has 350 valence electrons. The van der Waals surface area contributed by atoms with E-state index in [0.29, 0.717) is 62.3 Å². The second-order valence-electron chi connectivity index (χ2n) is 16.7. The van der Waals surface area contributed by atoms with Crippen molar-refractivity contribution in [2.45, 2.75) is 152 Å². The molecule has 3 aliphatic heterocycles. The van der Waals surface area contributed by atoms with Crippen molar-refractivity contribution >= 4 is 59.2 Å². The lowest BCUT2D eigenvalue weighted by molar-refractivity contribution is -0.144. The number of urea groups is 1. The van der Waals surface area contributed by atoms with Crippen molar-refractivity contribution in [3.05, 3.63) is 29.8 Å². The van der Waals surface area contributed by atoms with Gasteiger partial charge in [0.05, 0.1) is 18.7 Å². The van der Waals surface area contributed by atoms with Gasteiger partial charge in [-0.05, 0) is 81.9 Å². The molecule has 19 nitrogen and oxygen atoms in total. The maximum Gasteiger partial charge on any atom is 0.338 e. The predicted molar refractivity (Wildman–Crippen MR) is 234 cm³/mol. The highest BCUT2D eigenvalue weighted by Crippen LogP contribution is 2.33. The molecule has 1 aromatic carbocycles. The van der Waals surface area contributed by atoms with Gasteiger partial charge in [0.25, 0.3) is 5.91 Å². The first-order valence-corrected chi connectivity index (χ1v) is 23.2. The van der Waals surface area contributed by atoms with E-state index in [2.05, 4.69) is 37.2 Å². The van der Waals surface area contributed by atoms with Crippen molar-refractivity contribution in [1.82, 2.24) is 37.2 Å². The molecule has 4 rings (SSSR count). The number of thioether (sulfide) groups is 1. The largest absolute Gasteiger partial charge is 0.508 e. The molecule has 63 heavy (non-hydrogen) atoms. The lowest BCUT2D eigenvalue weighted by Gasteiger charge is -2.24. The molecule has 3 heterocycles. The molecule has 8 amide bonds. The summed E-state index contributed by atoms with van der Waals surface area (Å²) in [6.45, 7) is 6.22. The molecule has 0 bridgehead atoms. The number of primary amides is 1. The number of hydrogen-bond donors (Lipinski definition) is 9. The Kier molecular flexibility index (Phi) is 20.7. The van der Waals surface area contributed by atoms with Gasteiger partial charge < -0.3 is 57.5 Å². The quantitative estimate of drug-likeness (QED) is 0.0235. The second-order valence-corrected chi connectivity index (χ2v) is 18.0. The number of nitrogens with one attached hydrogen (secondary N) is 7. The Bertz CT molecular complexity index is 1730. The molecular weight excluding hydrogens is 837 g/mol. The fourth-order valence-corrected chi connectivity index (χ4v) is 9.10. The van der Waals surface area contributed by atoms with Crippen molar-refractivity contribution < 1.29 is 52.9 Å². The third kappa shape index (κ3) is 17.5. The number of phenolic OH excluding ortho intramolecular Hbond substituents is 1. The number of aromatic hydroxyl groups is 1. The zero-order valence-corrected chi connectivity index (χ0v) is 37.4. The number of rotatable bonds is 29. The van der Waals surface area contributed by atoms with E-state index in [0.717, 1.165) is 25.0 Å². The van der Waals surface area contributed by atoms with Crippen LogP contribution < -0.4 is 43.0 Å². The van der Waals surface area contributed by atoms with Gasteiger partial charge >= 0.3 is 12.0 Å². The number of hydrogen-bond acceptors (Lipinski definition) is 12. The first-order chi connectivity index (χ1) is 30.1. The molecule has 0 spiro atoms. The van der Waals surface area contributed by atoms with Gasteiger partial charge in [-0.3, -0.25) is 28.8 Å². The number of fused-ring (bicyclic) bond motifs is 1. The van der Waals surface area contributed by atoms with Crippen LogP contribution in [0.15, 0.2) is 24.3 Å². The van der Waals surface area contributed by atoms with Crippen molar-refractivity contribution in [1.29, 1.82) is 0 Å². The topological polar surface area (TPSA) is 289 Å². The Morgan fingerprint density at radius 1 is 0.825 bits per heavy atom. The van der Waals surface area contributed by atoms with Crippen LogP contribution in [-0.2, 0) is 49.5 Å². The van der Waals surface area contributed by atoms with Gasteiger partial charge in [-0.1, -0.05) is 38.8 Å². The summed E-state index contributed by atoms with van der Waals surface area (Å²) in [5, 5.41) is 29.9. The van der Waals surface area contributed by atoms with E-state index in [1.165, 1.54) is 12.1 Å². The molecule has 3 fully saturated rings. The number of esters is 1.